The Kier molecular flexibility index (Phi) is 6.07. The highest BCUT2D eigenvalue weighted by Gasteiger charge is 2.33. The molecule has 1 amide bonds. The van der Waals surface area contributed by atoms with E-state index in [4.69, 9.17) is 14.2 Å². The second-order valence-corrected chi connectivity index (χ2v) is 8.42. The molecular formula is C22H32N2O4. The molecule has 1 aromatic rings. The van der Waals surface area contributed by atoms with E-state index >= 15 is 0 Å². The highest BCUT2D eigenvalue weighted by molar-refractivity contribution is 5.78. The lowest BCUT2D eigenvalue weighted by molar-refractivity contribution is -0.138. The van der Waals surface area contributed by atoms with Crippen molar-refractivity contribution in [2.45, 2.75) is 45.7 Å². The summed E-state index contributed by atoms with van der Waals surface area (Å²) in [5.74, 6) is 3.10. The first-order chi connectivity index (χ1) is 13.6. The number of carbonyl (C=O) groups is 1. The molecule has 0 N–H and O–H groups in total. The van der Waals surface area contributed by atoms with Crippen molar-refractivity contribution in [1.82, 2.24) is 9.80 Å². The zero-order valence-corrected chi connectivity index (χ0v) is 17.1. The van der Waals surface area contributed by atoms with Gasteiger partial charge in [-0.3, -0.25) is 9.69 Å². The maximum absolute atomic E-state index is 13.0. The van der Waals surface area contributed by atoms with E-state index in [9.17, 15) is 4.79 Å². The SMILES string of the molecule is C[C@@H]1[C@H](C)CCC[C@@H]1N(CC(=O)N1CCOCC1)Cc1ccc2c(c1)OCO2. The molecule has 6 heteroatoms. The second-order valence-electron chi connectivity index (χ2n) is 8.42. The Morgan fingerprint density at radius 2 is 1.93 bits per heavy atom. The molecule has 0 radical (unpaired) electrons. The Bertz CT molecular complexity index is 689. The van der Waals surface area contributed by atoms with E-state index in [1.807, 2.05) is 11.0 Å². The fourth-order valence-corrected chi connectivity index (χ4v) is 4.72. The molecule has 1 saturated carbocycles. The normalized spacial score (nSPS) is 27.2. The summed E-state index contributed by atoms with van der Waals surface area (Å²) in [6.45, 7) is 8.90. The number of hydrogen-bond donors (Lipinski definition) is 0. The number of benzene rings is 1. The molecule has 2 heterocycles. The van der Waals surface area contributed by atoms with Crippen LogP contribution in [0.15, 0.2) is 18.2 Å². The van der Waals surface area contributed by atoms with Crippen molar-refractivity contribution in [1.29, 1.82) is 0 Å². The Labute approximate surface area is 167 Å². The largest absolute Gasteiger partial charge is 0.454 e. The van der Waals surface area contributed by atoms with Crippen molar-refractivity contribution in [2.24, 2.45) is 11.8 Å². The van der Waals surface area contributed by atoms with Crippen molar-refractivity contribution < 1.29 is 19.0 Å². The molecule has 3 atom stereocenters. The van der Waals surface area contributed by atoms with Crippen LogP contribution in [0, 0.1) is 11.8 Å². The molecule has 1 aromatic carbocycles. The third-order valence-electron chi connectivity index (χ3n) is 6.66. The van der Waals surface area contributed by atoms with Gasteiger partial charge in [-0.25, -0.2) is 0 Å². The lowest BCUT2D eigenvalue weighted by atomic mass is 9.77. The van der Waals surface area contributed by atoms with Gasteiger partial charge in [0.15, 0.2) is 11.5 Å². The molecule has 0 bridgehead atoms. The predicted octanol–water partition coefficient (Wildman–Crippen LogP) is 2.90. The molecule has 0 aromatic heterocycles. The van der Waals surface area contributed by atoms with Crippen LogP contribution in [0.25, 0.3) is 0 Å². The summed E-state index contributed by atoms with van der Waals surface area (Å²) in [6, 6.07) is 6.56. The molecule has 3 aliphatic rings. The van der Waals surface area contributed by atoms with Gasteiger partial charge in [-0.15, -0.1) is 0 Å². The third kappa shape index (κ3) is 4.28. The minimum Gasteiger partial charge on any atom is -0.454 e. The number of fused-ring (bicyclic) bond motifs is 1. The van der Waals surface area contributed by atoms with E-state index in [0.29, 0.717) is 50.7 Å². The van der Waals surface area contributed by atoms with Gasteiger partial charge in [-0.05, 0) is 36.0 Å². The zero-order valence-electron chi connectivity index (χ0n) is 17.1. The van der Waals surface area contributed by atoms with E-state index in [1.165, 1.54) is 18.4 Å². The van der Waals surface area contributed by atoms with Crippen molar-refractivity contribution in [2.75, 3.05) is 39.6 Å². The smallest absolute Gasteiger partial charge is 0.236 e. The molecule has 28 heavy (non-hydrogen) atoms. The lowest BCUT2D eigenvalue weighted by Gasteiger charge is -2.42. The average Bonchev–Trinajstić information content (AvgIpc) is 3.18. The Balaban J connectivity index is 1.51. The number of morpholine rings is 1. The summed E-state index contributed by atoms with van der Waals surface area (Å²) in [6.07, 6.45) is 3.68. The maximum atomic E-state index is 13.0. The second kappa shape index (κ2) is 8.70. The Hall–Kier alpha value is -1.79. The molecule has 2 fully saturated rings. The van der Waals surface area contributed by atoms with E-state index in [1.54, 1.807) is 0 Å². The van der Waals surface area contributed by atoms with E-state index < -0.39 is 0 Å². The molecule has 0 spiro atoms. The minimum absolute atomic E-state index is 0.217. The highest BCUT2D eigenvalue weighted by Crippen LogP contribution is 2.36. The number of carbonyl (C=O) groups excluding carboxylic acids is 1. The quantitative estimate of drug-likeness (QED) is 0.776. The van der Waals surface area contributed by atoms with Gasteiger partial charge in [0.2, 0.25) is 12.7 Å². The van der Waals surface area contributed by atoms with Crippen molar-refractivity contribution in [3.05, 3.63) is 23.8 Å². The van der Waals surface area contributed by atoms with Crippen LogP contribution in [0.3, 0.4) is 0 Å². The third-order valence-corrected chi connectivity index (χ3v) is 6.66. The number of hydrogen-bond acceptors (Lipinski definition) is 5. The van der Waals surface area contributed by atoms with Gasteiger partial charge in [-0.1, -0.05) is 32.8 Å². The Morgan fingerprint density at radius 3 is 2.75 bits per heavy atom. The molecule has 2 aliphatic heterocycles. The first-order valence-corrected chi connectivity index (χ1v) is 10.6. The van der Waals surface area contributed by atoms with Crippen LogP contribution < -0.4 is 9.47 Å². The van der Waals surface area contributed by atoms with Gasteiger partial charge < -0.3 is 19.1 Å². The first-order valence-electron chi connectivity index (χ1n) is 10.6. The van der Waals surface area contributed by atoms with Crippen LogP contribution >= 0.6 is 0 Å². The van der Waals surface area contributed by atoms with Gasteiger partial charge in [-0.2, -0.15) is 0 Å². The number of ether oxygens (including phenoxy) is 3. The summed E-state index contributed by atoms with van der Waals surface area (Å²) in [7, 11) is 0. The summed E-state index contributed by atoms with van der Waals surface area (Å²) < 4.78 is 16.4. The molecule has 0 unspecified atom stereocenters. The maximum Gasteiger partial charge on any atom is 0.236 e. The molecule has 1 aliphatic carbocycles. The number of nitrogens with zero attached hydrogens (tertiary/aromatic N) is 2. The van der Waals surface area contributed by atoms with Gasteiger partial charge in [0.25, 0.3) is 0 Å². The fourth-order valence-electron chi connectivity index (χ4n) is 4.72. The summed E-state index contributed by atoms with van der Waals surface area (Å²) in [4.78, 5) is 17.4. The van der Waals surface area contributed by atoms with Gasteiger partial charge in [0, 0.05) is 25.7 Å². The lowest BCUT2D eigenvalue weighted by Crippen LogP contribution is -2.50. The molecule has 6 nitrogen and oxygen atoms in total. The Morgan fingerprint density at radius 1 is 1.14 bits per heavy atom. The van der Waals surface area contributed by atoms with Crippen LogP contribution in [0.5, 0.6) is 11.5 Å². The standard InChI is InChI=1S/C22H32N2O4/c1-16-4-3-5-19(17(16)2)24(14-22(25)23-8-10-26-11-9-23)13-18-6-7-20-21(12-18)28-15-27-20/h6-7,12,16-17,19H,3-5,8-11,13-15H2,1-2H3/t16-,17-,19+/m1/s1. The minimum atomic E-state index is 0.217. The summed E-state index contributed by atoms with van der Waals surface area (Å²) >= 11 is 0. The van der Waals surface area contributed by atoms with Crippen LogP contribution in [-0.2, 0) is 16.1 Å². The first kappa shape index (κ1) is 19.5. The van der Waals surface area contributed by atoms with Gasteiger partial charge in [0.05, 0.1) is 19.8 Å². The molecule has 4 rings (SSSR count). The fraction of sp³-hybridized carbons (Fsp3) is 0.682. The van der Waals surface area contributed by atoms with Crippen molar-refractivity contribution >= 4 is 5.91 Å². The van der Waals surface area contributed by atoms with E-state index in [2.05, 4.69) is 30.9 Å². The number of amides is 1. The highest BCUT2D eigenvalue weighted by atomic mass is 16.7. The van der Waals surface area contributed by atoms with Gasteiger partial charge >= 0.3 is 0 Å². The van der Waals surface area contributed by atoms with Gasteiger partial charge in [0.1, 0.15) is 0 Å². The average molecular weight is 389 g/mol. The predicted molar refractivity (Wildman–Crippen MR) is 106 cm³/mol. The van der Waals surface area contributed by atoms with Crippen molar-refractivity contribution in [3.8, 4) is 11.5 Å². The molecular weight excluding hydrogens is 356 g/mol. The number of rotatable bonds is 5. The van der Waals surface area contributed by atoms with Crippen LogP contribution in [-0.4, -0.2) is 61.4 Å². The van der Waals surface area contributed by atoms with Crippen molar-refractivity contribution in [3.63, 3.8) is 0 Å². The van der Waals surface area contributed by atoms with E-state index in [0.717, 1.165) is 24.5 Å². The van der Waals surface area contributed by atoms with Crippen LogP contribution in [0.4, 0.5) is 0 Å². The molecule has 154 valence electrons. The summed E-state index contributed by atoms with van der Waals surface area (Å²) in [5.41, 5.74) is 1.17. The van der Waals surface area contributed by atoms with Crippen LogP contribution in [0.1, 0.15) is 38.7 Å². The zero-order chi connectivity index (χ0) is 19.5. The van der Waals surface area contributed by atoms with Crippen LogP contribution in [0.2, 0.25) is 0 Å². The van der Waals surface area contributed by atoms with E-state index in [-0.39, 0.29) is 12.7 Å². The monoisotopic (exact) mass is 388 g/mol. The topological polar surface area (TPSA) is 51.2 Å². The summed E-state index contributed by atoms with van der Waals surface area (Å²) in [5, 5.41) is 0. The molecule has 1 saturated heterocycles.